The minimum absolute atomic E-state index is 0.384. The highest BCUT2D eigenvalue weighted by atomic mass is 16.4. The molecule has 1 heterocycles. The minimum Gasteiger partial charge on any atom is -0.480 e. The lowest BCUT2D eigenvalue weighted by Crippen LogP contribution is -2.42. The number of carboxylic acids is 1. The average molecular weight is 335 g/mol. The fraction of sp³-hybridized carbons (Fsp3) is 0.200. The summed E-state index contributed by atoms with van der Waals surface area (Å²) in [5.74, 6) is -0.832. The van der Waals surface area contributed by atoms with Gasteiger partial charge in [0, 0.05) is 31.4 Å². The number of aromatic amines is 1. The van der Waals surface area contributed by atoms with Crippen molar-refractivity contribution in [1.82, 2.24) is 14.9 Å². The first-order chi connectivity index (χ1) is 12.2. The Morgan fingerprint density at radius 3 is 2.00 bits per heavy atom. The van der Waals surface area contributed by atoms with Crippen molar-refractivity contribution in [1.29, 1.82) is 0 Å². The van der Waals surface area contributed by atoms with E-state index in [0.29, 0.717) is 19.5 Å². The van der Waals surface area contributed by atoms with E-state index in [2.05, 4.69) is 9.97 Å². The van der Waals surface area contributed by atoms with E-state index in [1.807, 2.05) is 65.6 Å². The standard InChI is InChI=1S/C20H21N3O2/c24-20(25)19(11-18-12-21-15-22-18)23(13-16-7-3-1-4-8-16)14-17-9-5-2-6-10-17/h1-10,12,15,19H,11,13-14H2,(H,21,22)(H,24,25)/t19-/m0/s1. The Morgan fingerprint density at radius 1 is 1.00 bits per heavy atom. The Morgan fingerprint density at radius 2 is 1.56 bits per heavy atom. The van der Waals surface area contributed by atoms with E-state index in [0.717, 1.165) is 16.8 Å². The summed E-state index contributed by atoms with van der Waals surface area (Å²) >= 11 is 0. The van der Waals surface area contributed by atoms with Gasteiger partial charge in [-0.3, -0.25) is 9.69 Å². The van der Waals surface area contributed by atoms with Crippen LogP contribution in [-0.4, -0.2) is 32.0 Å². The first-order valence-electron chi connectivity index (χ1n) is 8.24. The summed E-state index contributed by atoms with van der Waals surface area (Å²) in [5.41, 5.74) is 3.00. The normalized spacial score (nSPS) is 12.2. The smallest absolute Gasteiger partial charge is 0.321 e. The Kier molecular flexibility index (Phi) is 5.59. The van der Waals surface area contributed by atoms with Crippen LogP contribution in [0.4, 0.5) is 0 Å². The molecule has 2 N–H and O–H groups in total. The maximum absolute atomic E-state index is 12.0. The first-order valence-corrected chi connectivity index (χ1v) is 8.24. The molecule has 3 aromatic rings. The van der Waals surface area contributed by atoms with Gasteiger partial charge in [-0.15, -0.1) is 0 Å². The summed E-state index contributed by atoms with van der Waals surface area (Å²) < 4.78 is 0. The second-order valence-corrected chi connectivity index (χ2v) is 6.01. The van der Waals surface area contributed by atoms with Crippen LogP contribution in [0.25, 0.3) is 0 Å². The maximum Gasteiger partial charge on any atom is 0.321 e. The number of carboxylic acid groups (broad SMARTS) is 1. The fourth-order valence-electron chi connectivity index (χ4n) is 2.89. The van der Waals surface area contributed by atoms with Gasteiger partial charge in [-0.1, -0.05) is 60.7 Å². The molecule has 128 valence electrons. The molecule has 0 aliphatic carbocycles. The summed E-state index contributed by atoms with van der Waals surface area (Å²) in [6.45, 7) is 1.14. The van der Waals surface area contributed by atoms with Gasteiger partial charge in [0.05, 0.1) is 6.33 Å². The van der Waals surface area contributed by atoms with Crippen LogP contribution in [0.3, 0.4) is 0 Å². The van der Waals surface area contributed by atoms with E-state index >= 15 is 0 Å². The van der Waals surface area contributed by atoms with Crippen LogP contribution in [0.1, 0.15) is 16.8 Å². The van der Waals surface area contributed by atoms with Gasteiger partial charge in [0.15, 0.2) is 0 Å². The van der Waals surface area contributed by atoms with Crippen molar-refractivity contribution in [3.63, 3.8) is 0 Å². The molecule has 5 nitrogen and oxygen atoms in total. The van der Waals surface area contributed by atoms with Crippen LogP contribution in [0.15, 0.2) is 73.2 Å². The number of carbonyl (C=O) groups is 1. The molecule has 1 atom stereocenters. The second kappa shape index (κ2) is 8.26. The molecule has 0 bridgehead atoms. The van der Waals surface area contributed by atoms with Gasteiger partial charge in [-0.05, 0) is 11.1 Å². The molecule has 0 radical (unpaired) electrons. The third-order valence-electron chi connectivity index (χ3n) is 4.15. The average Bonchev–Trinajstić information content (AvgIpc) is 3.14. The number of H-pyrrole nitrogens is 1. The number of nitrogens with one attached hydrogen (secondary N) is 1. The van der Waals surface area contributed by atoms with Gasteiger partial charge < -0.3 is 10.1 Å². The Balaban J connectivity index is 1.85. The summed E-state index contributed by atoms with van der Waals surface area (Å²) in [6.07, 6.45) is 3.64. The van der Waals surface area contributed by atoms with Crippen molar-refractivity contribution < 1.29 is 9.90 Å². The number of imidazole rings is 1. The number of aromatic nitrogens is 2. The van der Waals surface area contributed by atoms with Gasteiger partial charge in [0.2, 0.25) is 0 Å². The molecule has 0 aliphatic heterocycles. The van der Waals surface area contributed by atoms with Crippen molar-refractivity contribution in [2.24, 2.45) is 0 Å². The molecule has 0 amide bonds. The van der Waals surface area contributed by atoms with E-state index in [1.165, 1.54) is 0 Å². The molecule has 1 aromatic heterocycles. The molecule has 0 fully saturated rings. The van der Waals surface area contributed by atoms with E-state index < -0.39 is 12.0 Å². The number of hydrogen-bond acceptors (Lipinski definition) is 3. The molecule has 0 saturated heterocycles. The molecule has 0 unspecified atom stereocenters. The number of hydrogen-bond donors (Lipinski definition) is 2. The van der Waals surface area contributed by atoms with Crippen molar-refractivity contribution in [2.75, 3.05) is 0 Å². The topological polar surface area (TPSA) is 69.2 Å². The SMILES string of the molecule is O=C(O)[C@H](Cc1cnc[nH]1)N(Cc1ccccc1)Cc1ccccc1. The summed E-state index contributed by atoms with van der Waals surface area (Å²) in [5, 5.41) is 9.82. The minimum atomic E-state index is -0.832. The molecule has 0 spiro atoms. The molecular formula is C20H21N3O2. The quantitative estimate of drug-likeness (QED) is 0.664. The van der Waals surface area contributed by atoms with Crippen LogP contribution in [0, 0.1) is 0 Å². The number of rotatable bonds is 8. The Hall–Kier alpha value is -2.92. The lowest BCUT2D eigenvalue weighted by molar-refractivity contribution is -0.143. The highest BCUT2D eigenvalue weighted by molar-refractivity contribution is 5.73. The predicted molar refractivity (Wildman–Crippen MR) is 95.8 cm³/mol. The highest BCUT2D eigenvalue weighted by Crippen LogP contribution is 2.16. The van der Waals surface area contributed by atoms with E-state index in [9.17, 15) is 9.90 Å². The zero-order valence-electron chi connectivity index (χ0n) is 13.9. The van der Waals surface area contributed by atoms with Crippen LogP contribution in [0.5, 0.6) is 0 Å². The summed E-state index contributed by atoms with van der Waals surface area (Å²) in [4.78, 5) is 21.0. The lowest BCUT2D eigenvalue weighted by Gasteiger charge is -2.29. The summed E-state index contributed by atoms with van der Waals surface area (Å²) in [6, 6.07) is 19.3. The van der Waals surface area contributed by atoms with Crippen molar-refractivity contribution in [2.45, 2.75) is 25.6 Å². The monoisotopic (exact) mass is 335 g/mol. The van der Waals surface area contributed by atoms with Gasteiger partial charge in [0.25, 0.3) is 0 Å². The molecule has 25 heavy (non-hydrogen) atoms. The van der Waals surface area contributed by atoms with E-state index in [-0.39, 0.29) is 0 Å². The fourth-order valence-corrected chi connectivity index (χ4v) is 2.89. The molecule has 5 heteroatoms. The highest BCUT2D eigenvalue weighted by Gasteiger charge is 2.26. The van der Waals surface area contributed by atoms with E-state index in [4.69, 9.17) is 0 Å². The van der Waals surface area contributed by atoms with Crippen LogP contribution >= 0.6 is 0 Å². The third kappa shape index (κ3) is 4.78. The summed E-state index contributed by atoms with van der Waals surface area (Å²) in [7, 11) is 0. The molecule has 0 saturated carbocycles. The van der Waals surface area contributed by atoms with Crippen molar-refractivity contribution in [3.8, 4) is 0 Å². The van der Waals surface area contributed by atoms with Gasteiger partial charge in [0.1, 0.15) is 6.04 Å². The maximum atomic E-state index is 12.0. The van der Waals surface area contributed by atoms with Crippen LogP contribution in [-0.2, 0) is 24.3 Å². The largest absolute Gasteiger partial charge is 0.480 e. The Bertz CT molecular complexity index is 732. The van der Waals surface area contributed by atoms with Crippen molar-refractivity contribution >= 4 is 5.97 Å². The second-order valence-electron chi connectivity index (χ2n) is 6.01. The number of benzene rings is 2. The van der Waals surface area contributed by atoms with Crippen LogP contribution in [0.2, 0.25) is 0 Å². The third-order valence-corrected chi connectivity index (χ3v) is 4.15. The lowest BCUT2D eigenvalue weighted by atomic mass is 10.1. The zero-order chi connectivity index (χ0) is 17.5. The predicted octanol–water partition coefficient (Wildman–Crippen LogP) is 3.11. The number of nitrogens with zero attached hydrogens (tertiary/aromatic N) is 2. The molecule has 2 aromatic carbocycles. The van der Waals surface area contributed by atoms with Crippen molar-refractivity contribution in [3.05, 3.63) is 90.0 Å². The van der Waals surface area contributed by atoms with Crippen LogP contribution < -0.4 is 0 Å². The zero-order valence-corrected chi connectivity index (χ0v) is 13.9. The van der Waals surface area contributed by atoms with E-state index in [1.54, 1.807) is 12.5 Å². The molecule has 3 rings (SSSR count). The molecular weight excluding hydrogens is 314 g/mol. The van der Waals surface area contributed by atoms with Gasteiger partial charge in [-0.2, -0.15) is 0 Å². The number of aliphatic carboxylic acids is 1. The van der Waals surface area contributed by atoms with Gasteiger partial charge >= 0.3 is 5.97 Å². The van der Waals surface area contributed by atoms with Gasteiger partial charge in [-0.25, -0.2) is 4.98 Å². The molecule has 0 aliphatic rings. The Labute approximate surface area is 147 Å². The first kappa shape index (κ1) is 16.9.